The van der Waals surface area contributed by atoms with Crippen molar-refractivity contribution in [2.75, 3.05) is 13.3 Å². The lowest BCUT2D eigenvalue weighted by Gasteiger charge is -2.19. The molecular weight excluding hydrogens is 300 g/mol. The minimum absolute atomic E-state index is 0.203. The van der Waals surface area contributed by atoms with Gasteiger partial charge in [0.25, 0.3) is 0 Å². The van der Waals surface area contributed by atoms with Gasteiger partial charge in [0.1, 0.15) is 12.1 Å². The average molecular weight is 322 g/mol. The molecule has 0 aliphatic rings. The molecule has 0 saturated carbocycles. The van der Waals surface area contributed by atoms with Gasteiger partial charge in [-0.05, 0) is 26.3 Å². The molecule has 0 aromatic heterocycles. The fraction of sp³-hybridized carbons (Fsp3) is 0.438. The second-order valence-corrected chi connectivity index (χ2v) is 5.78. The largest absolute Gasteiger partial charge is 0.444 e. The molecule has 126 valence electrons. The molecule has 0 spiro atoms. The van der Waals surface area contributed by atoms with Gasteiger partial charge >= 0.3 is 12.1 Å². The monoisotopic (exact) mass is 322 g/mol. The molecule has 1 aromatic carbocycles. The van der Waals surface area contributed by atoms with Crippen molar-refractivity contribution in [1.82, 2.24) is 10.6 Å². The number of ether oxygens (including phenoxy) is 2. The number of hydrogen-bond donors (Lipinski definition) is 2. The lowest BCUT2D eigenvalue weighted by Crippen LogP contribution is -2.37. The van der Waals surface area contributed by atoms with Crippen LogP contribution in [-0.4, -0.2) is 36.8 Å². The summed E-state index contributed by atoms with van der Waals surface area (Å²) in [6.45, 7) is 4.57. The van der Waals surface area contributed by atoms with Gasteiger partial charge in [0.05, 0.1) is 6.42 Å². The van der Waals surface area contributed by atoms with Crippen molar-refractivity contribution in [3.8, 4) is 0 Å². The van der Waals surface area contributed by atoms with Gasteiger partial charge in [0.15, 0.2) is 6.73 Å². The van der Waals surface area contributed by atoms with E-state index in [0.29, 0.717) is 0 Å². The number of rotatable bonds is 6. The molecule has 1 rings (SSSR count). The Bertz CT molecular complexity index is 537. The summed E-state index contributed by atoms with van der Waals surface area (Å²) in [5.41, 5.74) is 0.224. The summed E-state index contributed by atoms with van der Waals surface area (Å²) < 4.78 is 9.76. The summed E-state index contributed by atoms with van der Waals surface area (Å²) >= 11 is 0. The van der Waals surface area contributed by atoms with Gasteiger partial charge in [-0.1, -0.05) is 30.3 Å². The predicted octanol–water partition coefficient (Wildman–Crippen LogP) is 1.37. The van der Waals surface area contributed by atoms with E-state index in [1.165, 1.54) is 0 Å². The van der Waals surface area contributed by atoms with Crippen LogP contribution >= 0.6 is 0 Å². The third-order valence-corrected chi connectivity index (χ3v) is 2.49. The number of alkyl carbamates (subject to hydrolysis) is 1. The normalized spacial score (nSPS) is 10.6. The predicted molar refractivity (Wildman–Crippen MR) is 83.5 cm³/mol. The highest BCUT2D eigenvalue weighted by molar-refractivity contribution is 5.80. The molecule has 0 saturated heterocycles. The van der Waals surface area contributed by atoms with E-state index >= 15 is 0 Å². The second-order valence-electron chi connectivity index (χ2n) is 5.78. The number of esters is 1. The summed E-state index contributed by atoms with van der Waals surface area (Å²) in [5, 5.41) is 4.73. The highest BCUT2D eigenvalue weighted by Gasteiger charge is 2.16. The Balaban J connectivity index is 2.16. The summed E-state index contributed by atoms with van der Waals surface area (Å²) in [6.07, 6.45) is -0.503. The van der Waals surface area contributed by atoms with E-state index < -0.39 is 17.7 Å². The Labute approximate surface area is 135 Å². The van der Waals surface area contributed by atoms with E-state index in [1.807, 2.05) is 30.3 Å². The van der Waals surface area contributed by atoms with Crippen LogP contribution in [-0.2, 0) is 25.5 Å². The number of carbonyl (C=O) groups is 3. The standard InChI is InChI=1S/C16H22N2O5/c1-16(2,3)23-15(21)17-10-14(20)22-11-18-13(19)9-12-7-5-4-6-8-12/h4-8H,9-11H2,1-3H3,(H,17,21)(H,18,19). The SMILES string of the molecule is CC(C)(C)OC(=O)NCC(=O)OCNC(=O)Cc1ccccc1. The Morgan fingerprint density at radius 1 is 1.04 bits per heavy atom. The van der Waals surface area contributed by atoms with E-state index in [9.17, 15) is 14.4 Å². The Morgan fingerprint density at radius 2 is 1.70 bits per heavy atom. The summed E-state index contributed by atoms with van der Waals surface area (Å²) in [6, 6.07) is 9.20. The molecule has 0 unspecified atom stereocenters. The third-order valence-electron chi connectivity index (χ3n) is 2.49. The maximum Gasteiger partial charge on any atom is 0.408 e. The van der Waals surface area contributed by atoms with E-state index in [0.717, 1.165) is 5.56 Å². The quantitative estimate of drug-likeness (QED) is 0.609. The minimum Gasteiger partial charge on any atom is -0.444 e. The van der Waals surface area contributed by atoms with Gasteiger partial charge in [-0.25, -0.2) is 4.79 Å². The van der Waals surface area contributed by atoms with Crippen LogP contribution in [0.25, 0.3) is 0 Å². The molecule has 7 nitrogen and oxygen atoms in total. The second kappa shape index (κ2) is 8.77. The van der Waals surface area contributed by atoms with E-state index in [-0.39, 0.29) is 25.6 Å². The zero-order valence-electron chi connectivity index (χ0n) is 13.5. The van der Waals surface area contributed by atoms with Crippen molar-refractivity contribution < 1.29 is 23.9 Å². The number of carbonyl (C=O) groups excluding carboxylic acids is 3. The van der Waals surface area contributed by atoms with Crippen LogP contribution in [0.15, 0.2) is 30.3 Å². The maximum atomic E-state index is 11.6. The molecule has 0 radical (unpaired) electrons. The summed E-state index contributed by atoms with van der Waals surface area (Å²) in [4.78, 5) is 34.4. The first-order valence-corrected chi connectivity index (χ1v) is 7.19. The van der Waals surface area contributed by atoms with Crippen LogP contribution in [0.1, 0.15) is 26.3 Å². The average Bonchev–Trinajstić information content (AvgIpc) is 2.44. The van der Waals surface area contributed by atoms with E-state index in [4.69, 9.17) is 9.47 Å². The van der Waals surface area contributed by atoms with Gasteiger partial charge in [0.2, 0.25) is 5.91 Å². The molecule has 7 heteroatoms. The Kier molecular flexibility index (Phi) is 7.05. The smallest absolute Gasteiger partial charge is 0.408 e. The van der Waals surface area contributed by atoms with E-state index in [2.05, 4.69) is 10.6 Å². The number of nitrogens with one attached hydrogen (secondary N) is 2. The fourth-order valence-corrected chi connectivity index (χ4v) is 1.55. The summed E-state index contributed by atoms with van der Waals surface area (Å²) in [7, 11) is 0. The van der Waals surface area contributed by atoms with Gasteiger partial charge in [-0.15, -0.1) is 0 Å². The molecule has 2 amide bonds. The van der Waals surface area contributed by atoms with Crippen LogP contribution in [0, 0.1) is 0 Å². The van der Waals surface area contributed by atoms with Crippen molar-refractivity contribution in [3.63, 3.8) is 0 Å². The van der Waals surface area contributed by atoms with Crippen molar-refractivity contribution in [2.45, 2.75) is 32.8 Å². The molecule has 0 atom stereocenters. The van der Waals surface area contributed by atoms with Gasteiger partial charge in [-0.3, -0.25) is 9.59 Å². The number of benzene rings is 1. The maximum absolute atomic E-state index is 11.6. The zero-order chi connectivity index (χ0) is 17.3. The van der Waals surface area contributed by atoms with Crippen LogP contribution in [0.5, 0.6) is 0 Å². The molecule has 2 N–H and O–H groups in total. The lowest BCUT2D eigenvalue weighted by atomic mass is 10.1. The minimum atomic E-state index is -0.706. The topological polar surface area (TPSA) is 93.7 Å². The first kappa shape index (κ1) is 18.5. The summed E-state index contributed by atoms with van der Waals surface area (Å²) in [5.74, 6) is -0.931. The molecule has 0 aliphatic carbocycles. The molecule has 0 bridgehead atoms. The molecule has 0 aliphatic heterocycles. The van der Waals surface area contributed by atoms with Crippen molar-refractivity contribution in [2.24, 2.45) is 0 Å². The van der Waals surface area contributed by atoms with Crippen LogP contribution < -0.4 is 10.6 Å². The van der Waals surface area contributed by atoms with Crippen LogP contribution in [0.4, 0.5) is 4.79 Å². The van der Waals surface area contributed by atoms with Crippen LogP contribution in [0.3, 0.4) is 0 Å². The first-order valence-electron chi connectivity index (χ1n) is 7.19. The lowest BCUT2D eigenvalue weighted by molar-refractivity contribution is -0.144. The van der Waals surface area contributed by atoms with Gasteiger partial charge in [-0.2, -0.15) is 0 Å². The number of hydrogen-bond acceptors (Lipinski definition) is 5. The van der Waals surface area contributed by atoms with Crippen molar-refractivity contribution in [1.29, 1.82) is 0 Å². The van der Waals surface area contributed by atoms with Crippen molar-refractivity contribution in [3.05, 3.63) is 35.9 Å². The van der Waals surface area contributed by atoms with Crippen LogP contribution in [0.2, 0.25) is 0 Å². The third kappa shape index (κ3) is 9.13. The van der Waals surface area contributed by atoms with Gasteiger partial charge < -0.3 is 20.1 Å². The van der Waals surface area contributed by atoms with Gasteiger partial charge in [0, 0.05) is 0 Å². The fourth-order valence-electron chi connectivity index (χ4n) is 1.55. The molecular formula is C16H22N2O5. The highest BCUT2D eigenvalue weighted by atomic mass is 16.6. The molecule has 23 heavy (non-hydrogen) atoms. The Morgan fingerprint density at radius 3 is 2.30 bits per heavy atom. The molecule has 1 aromatic rings. The highest BCUT2D eigenvalue weighted by Crippen LogP contribution is 2.06. The van der Waals surface area contributed by atoms with E-state index in [1.54, 1.807) is 20.8 Å². The molecule has 0 heterocycles. The first-order chi connectivity index (χ1) is 10.8. The van der Waals surface area contributed by atoms with Crippen molar-refractivity contribution >= 4 is 18.0 Å². The number of amides is 2. The zero-order valence-corrected chi connectivity index (χ0v) is 13.5. The molecule has 0 fully saturated rings. The Hall–Kier alpha value is -2.57.